The molecule has 20 heavy (non-hydrogen) atoms. The maximum Gasteiger partial charge on any atom is 0.237 e. The van der Waals surface area contributed by atoms with Crippen LogP contribution >= 0.6 is 11.8 Å². The third kappa shape index (κ3) is 3.51. The molecule has 0 aromatic rings. The van der Waals surface area contributed by atoms with Crippen molar-refractivity contribution in [3.05, 3.63) is 0 Å². The Morgan fingerprint density at radius 3 is 2.60 bits per heavy atom. The number of hydrogen-bond acceptors (Lipinski definition) is 3. The Hall–Kier alpha value is -0.220. The van der Waals surface area contributed by atoms with Gasteiger partial charge >= 0.3 is 0 Å². The summed E-state index contributed by atoms with van der Waals surface area (Å²) in [5, 5.41) is 6.77. The molecule has 116 valence electrons. The van der Waals surface area contributed by atoms with E-state index >= 15 is 0 Å². The van der Waals surface area contributed by atoms with E-state index in [4.69, 9.17) is 0 Å². The Labute approximate surface area is 128 Å². The topological polar surface area (TPSA) is 41.1 Å². The maximum absolute atomic E-state index is 12.4. The van der Waals surface area contributed by atoms with Gasteiger partial charge in [-0.05, 0) is 44.3 Å². The third-order valence-corrected chi connectivity index (χ3v) is 7.07. The van der Waals surface area contributed by atoms with Gasteiger partial charge in [0.25, 0.3) is 0 Å². The minimum Gasteiger partial charge on any atom is -0.353 e. The first-order valence-electron chi connectivity index (χ1n) is 8.23. The van der Waals surface area contributed by atoms with Crippen LogP contribution in [0, 0.1) is 5.92 Å². The van der Waals surface area contributed by atoms with Crippen molar-refractivity contribution < 1.29 is 4.79 Å². The molecule has 2 fully saturated rings. The largest absolute Gasteiger partial charge is 0.353 e. The molecule has 0 spiro atoms. The number of carbonyl (C=O) groups is 1. The lowest BCUT2D eigenvalue weighted by Crippen LogP contribution is -2.47. The van der Waals surface area contributed by atoms with Gasteiger partial charge in [-0.1, -0.05) is 26.7 Å². The molecule has 1 saturated heterocycles. The first kappa shape index (κ1) is 16.2. The molecular formula is C16H30N2OS. The number of amides is 1. The summed E-state index contributed by atoms with van der Waals surface area (Å²) < 4.78 is 0.209. The number of carbonyl (C=O) groups excluding carboxylic acids is 1. The van der Waals surface area contributed by atoms with Gasteiger partial charge < -0.3 is 10.6 Å². The molecule has 0 bridgehead atoms. The predicted octanol–water partition coefficient (Wildman–Crippen LogP) is 2.95. The maximum atomic E-state index is 12.4. The van der Waals surface area contributed by atoms with E-state index in [1.165, 1.54) is 25.7 Å². The monoisotopic (exact) mass is 298 g/mol. The Morgan fingerprint density at radius 2 is 2.00 bits per heavy atom. The van der Waals surface area contributed by atoms with Crippen molar-refractivity contribution in [2.45, 2.75) is 75.6 Å². The van der Waals surface area contributed by atoms with Crippen LogP contribution in [-0.4, -0.2) is 35.5 Å². The minimum absolute atomic E-state index is 0.0522. The Balaban J connectivity index is 1.83. The molecule has 1 aliphatic carbocycles. The molecule has 1 aliphatic heterocycles. The molecule has 1 saturated carbocycles. The summed E-state index contributed by atoms with van der Waals surface area (Å²) in [5.41, 5.74) is 0. The van der Waals surface area contributed by atoms with Gasteiger partial charge in [-0.2, -0.15) is 11.8 Å². The molecule has 4 heteroatoms. The van der Waals surface area contributed by atoms with Gasteiger partial charge in [0, 0.05) is 17.3 Å². The molecule has 3 nitrogen and oxygen atoms in total. The average molecular weight is 298 g/mol. The number of thioether (sulfide) groups is 1. The van der Waals surface area contributed by atoms with Crippen molar-refractivity contribution in [3.8, 4) is 0 Å². The zero-order valence-electron chi connectivity index (χ0n) is 13.2. The van der Waals surface area contributed by atoms with Gasteiger partial charge in [0.05, 0.1) is 6.04 Å². The molecule has 3 unspecified atom stereocenters. The van der Waals surface area contributed by atoms with Crippen molar-refractivity contribution in [2.24, 2.45) is 5.92 Å². The van der Waals surface area contributed by atoms with Crippen LogP contribution in [0.1, 0.15) is 58.8 Å². The molecule has 2 aliphatic rings. The lowest BCUT2D eigenvalue weighted by molar-refractivity contribution is -0.123. The molecule has 1 heterocycles. The Bertz CT molecular complexity index is 308. The van der Waals surface area contributed by atoms with E-state index in [1.807, 2.05) is 11.8 Å². The summed E-state index contributed by atoms with van der Waals surface area (Å²) in [6.45, 7) is 5.23. The molecule has 0 radical (unpaired) electrons. The van der Waals surface area contributed by atoms with Crippen LogP contribution in [0.5, 0.6) is 0 Å². The number of rotatable bonds is 6. The second-order valence-corrected chi connectivity index (χ2v) is 7.69. The first-order valence-corrected chi connectivity index (χ1v) is 9.45. The van der Waals surface area contributed by atoms with E-state index in [2.05, 4.69) is 30.7 Å². The highest BCUT2D eigenvalue weighted by Gasteiger charge is 2.38. The van der Waals surface area contributed by atoms with Crippen LogP contribution in [0.15, 0.2) is 0 Å². The zero-order valence-corrected chi connectivity index (χ0v) is 14.0. The van der Waals surface area contributed by atoms with E-state index in [1.54, 1.807) is 0 Å². The van der Waals surface area contributed by atoms with E-state index < -0.39 is 0 Å². The summed E-state index contributed by atoms with van der Waals surface area (Å²) in [4.78, 5) is 12.4. The van der Waals surface area contributed by atoms with Gasteiger partial charge in [0.15, 0.2) is 0 Å². The lowest BCUT2D eigenvalue weighted by Gasteiger charge is -2.30. The van der Waals surface area contributed by atoms with Gasteiger partial charge in [-0.25, -0.2) is 0 Å². The lowest BCUT2D eigenvalue weighted by atomic mass is 9.85. The van der Waals surface area contributed by atoms with Crippen molar-refractivity contribution in [2.75, 3.05) is 12.8 Å². The average Bonchev–Trinajstić information content (AvgIpc) is 2.93. The van der Waals surface area contributed by atoms with Gasteiger partial charge in [-0.3, -0.25) is 4.79 Å². The van der Waals surface area contributed by atoms with Crippen molar-refractivity contribution in [1.82, 2.24) is 10.6 Å². The Morgan fingerprint density at radius 1 is 1.30 bits per heavy atom. The molecule has 0 aromatic heterocycles. The van der Waals surface area contributed by atoms with Crippen molar-refractivity contribution in [1.29, 1.82) is 0 Å². The number of hydrogen-bond donors (Lipinski definition) is 2. The minimum atomic E-state index is 0.0522. The highest BCUT2D eigenvalue weighted by molar-refractivity contribution is 8.00. The second-order valence-electron chi connectivity index (χ2n) is 6.42. The zero-order chi connectivity index (χ0) is 14.6. The standard InChI is InChI=1S/C16H30N2OS/c1-4-16(5-2,20-3)11-17-15(19)14-10-12-8-6-7-9-13(12)18-14/h12-14,18H,4-11H2,1-3H3,(H,17,19). The Kier molecular flexibility index (Phi) is 5.79. The molecule has 3 atom stereocenters. The molecule has 1 amide bonds. The second kappa shape index (κ2) is 7.17. The van der Waals surface area contributed by atoms with Crippen LogP contribution < -0.4 is 10.6 Å². The van der Waals surface area contributed by atoms with Crippen LogP contribution in [0.25, 0.3) is 0 Å². The normalized spacial score (nSPS) is 30.1. The fraction of sp³-hybridized carbons (Fsp3) is 0.938. The summed E-state index contributed by atoms with van der Waals surface area (Å²) in [6.07, 6.45) is 10.6. The van der Waals surface area contributed by atoms with E-state index in [9.17, 15) is 4.79 Å². The van der Waals surface area contributed by atoms with Crippen molar-refractivity contribution in [3.63, 3.8) is 0 Å². The SMILES string of the molecule is CCC(CC)(CNC(=O)C1CC2CCCCC2N1)SC. The van der Waals surface area contributed by atoms with E-state index in [0.29, 0.717) is 6.04 Å². The first-order chi connectivity index (χ1) is 9.64. The highest BCUT2D eigenvalue weighted by atomic mass is 32.2. The quantitative estimate of drug-likeness (QED) is 0.792. The highest BCUT2D eigenvalue weighted by Crippen LogP contribution is 2.33. The number of fused-ring (bicyclic) bond motifs is 1. The smallest absolute Gasteiger partial charge is 0.237 e. The third-order valence-electron chi connectivity index (χ3n) is 5.49. The van der Waals surface area contributed by atoms with Crippen LogP contribution in [-0.2, 0) is 4.79 Å². The fourth-order valence-corrected chi connectivity index (χ4v) is 4.55. The van der Waals surface area contributed by atoms with Crippen LogP contribution in [0.2, 0.25) is 0 Å². The summed E-state index contributed by atoms with van der Waals surface area (Å²) in [7, 11) is 0. The van der Waals surface area contributed by atoms with Crippen LogP contribution in [0.4, 0.5) is 0 Å². The fourth-order valence-electron chi connectivity index (χ4n) is 3.75. The van der Waals surface area contributed by atoms with E-state index in [0.717, 1.165) is 31.7 Å². The van der Waals surface area contributed by atoms with Gasteiger partial charge in [0.1, 0.15) is 0 Å². The van der Waals surface area contributed by atoms with Gasteiger partial charge in [-0.15, -0.1) is 0 Å². The molecule has 2 rings (SSSR count). The van der Waals surface area contributed by atoms with Crippen LogP contribution in [0.3, 0.4) is 0 Å². The summed E-state index contributed by atoms with van der Waals surface area (Å²) in [6, 6.07) is 0.651. The summed E-state index contributed by atoms with van der Waals surface area (Å²) in [5.74, 6) is 0.960. The summed E-state index contributed by atoms with van der Waals surface area (Å²) >= 11 is 1.89. The van der Waals surface area contributed by atoms with Crippen molar-refractivity contribution >= 4 is 17.7 Å². The van der Waals surface area contributed by atoms with E-state index in [-0.39, 0.29) is 16.7 Å². The molecule has 0 aromatic carbocycles. The molecule has 2 N–H and O–H groups in total. The number of nitrogens with one attached hydrogen (secondary N) is 2. The predicted molar refractivity (Wildman–Crippen MR) is 87.1 cm³/mol. The molecular weight excluding hydrogens is 268 g/mol. The van der Waals surface area contributed by atoms with Gasteiger partial charge in [0.2, 0.25) is 5.91 Å².